The van der Waals surface area contributed by atoms with Gasteiger partial charge in [0.25, 0.3) is 0 Å². The number of hydrogen-bond acceptors (Lipinski definition) is 5. The maximum absolute atomic E-state index is 14.7. The second kappa shape index (κ2) is 9.20. The number of allylic oxidation sites excluding steroid dienone is 1. The van der Waals surface area contributed by atoms with E-state index in [1.54, 1.807) is 31.2 Å². The van der Waals surface area contributed by atoms with Gasteiger partial charge in [-0.1, -0.05) is 17.7 Å². The second-order valence-corrected chi connectivity index (χ2v) is 7.80. The van der Waals surface area contributed by atoms with Crippen LogP contribution < -0.4 is 4.31 Å². The molecular weight excluding hydrogens is 407 g/mol. The normalized spacial score (nSPS) is 19.0. The molecule has 3 rings (SSSR count). The van der Waals surface area contributed by atoms with Crippen molar-refractivity contribution >= 4 is 28.5 Å². The van der Waals surface area contributed by atoms with E-state index >= 15 is 0 Å². The molecule has 156 valence electrons. The lowest BCUT2D eigenvalue weighted by molar-refractivity contribution is -0.144. The van der Waals surface area contributed by atoms with E-state index in [1.165, 1.54) is 18.3 Å². The molecule has 30 heavy (non-hydrogen) atoms. The van der Waals surface area contributed by atoms with Crippen molar-refractivity contribution in [3.05, 3.63) is 71.2 Å². The molecule has 0 heterocycles. The van der Waals surface area contributed by atoms with E-state index < -0.39 is 34.9 Å². The molecule has 6 nitrogen and oxygen atoms in total. The van der Waals surface area contributed by atoms with Crippen LogP contribution in [0.15, 0.2) is 48.7 Å². The van der Waals surface area contributed by atoms with Gasteiger partial charge in [0.05, 0.1) is 41.1 Å². The van der Waals surface area contributed by atoms with Gasteiger partial charge in [-0.05, 0) is 56.2 Å². The Hall–Kier alpha value is -3.02. The smallest absolute Gasteiger partial charge is 0.309 e. The first-order valence-corrected chi connectivity index (χ1v) is 10.4. The first kappa shape index (κ1) is 21.7. The number of nitrogens with zero attached hydrogens (tertiary/aromatic N) is 2. The molecule has 2 aromatic carbocycles. The van der Waals surface area contributed by atoms with Crippen LogP contribution in [0, 0.1) is 35.9 Å². The van der Waals surface area contributed by atoms with E-state index in [1.807, 2.05) is 13.0 Å². The van der Waals surface area contributed by atoms with Crippen molar-refractivity contribution in [2.75, 3.05) is 10.9 Å². The minimum absolute atomic E-state index is 0.0911. The van der Waals surface area contributed by atoms with Gasteiger partial charge in [-0.2, -0.15) is 5.26 Å². The molecule has 1 fully saturated rings. The first-order valence-electron chi connectivity index (χ1n) is 9.39. The van der Waals surface area contributed by atoms with Crippen molar-refractivity contribution in [1.82, 2.24) is 0 Å². The highest BCUT2D eigenvalue weighted by molar-refractivity contribution is 7.80. The Labute approximate surface area is 177 Å². The fourth-order valence-electron chi connectivity index (χ4n) is 3.25. The van der Waals surface area contributed by atoms with Crippen LogP contribution in [0.25, 0.3) is 5.57 Å². The summed E-state index contributed by atoms with van der Waals surface area (Å²) in [6, 6.07) is 12.6. The zero-order valence-electron chi connectivity index (χ0n) is 16.5. The molecule has 0 radical (unpaired) electrons. The third-order valence-corrected chi connectivity index (χ3v) is 5.53. The van der Waals surface area contributed by atoms with Gasteiger partial charge in [0.1, 0.15) is 5.82 Å². The summed E-state index contributed by atoms with van der Waals surface area (Å²) in [7, 11) is 0. The van der Waals surface area contributed by atoms with E-state index in [4.69, 9.17) is 4.74 Å². The quantitative estimate of drug-likeness (QED) is 0.494. The molecule has 1 saturated carbocycles. The van der Waals surface area contributed by atoms with Gasteiger partial charge >= 0.3 is 5.97 Å². The summed E-state index contributed by atoms with van der Waals surface area (Å²) in [5, 5.41) is 9.20. The van der Waals surface area contributed by atoms with Crippen molar-refractivity contribution in [3.63, 3.8) is 0 Å². The molecule has 0 aliphatic heterocycles. The van der Waals surface area contributed by atoms with Crippen molar-refractivity contribution in [1.29, 1.82) is 5.26 Å². The summed E-state index contributed by atoms with van der Waals surface area (Å²) in [6.45, 7) is 3.79. The van der Waals surface area contributed by atoms with Crippen molar-refractivity contribution < 1.29 is 22.7 Å². The Morgan fingerprint density at radius 1 is 1.33 bits per heavy atom. The van der Waals surface area contributed by atoms with Gasteiger partial charge in [0.15, 0.2) is 0 Å². The minimum Gasteiger partial charge on any atom is -0.755 e. The molecule has 0 aromatic heterocycles. The number of ether oxygens (including phenoxy) is 1. The van der Waals surface area contributed by atoms with Crippen LogP contribution in [0.3, 0.4) is 0 Å². The molecule has 0 amide bonds. The van der Waals surface area contributed by atoms with Crippen LogP contribution in [-0.4, -0.2) is 21.3 Å². The molecule has 2 aromatic rings. The molecule has 8 heteroatoms. The number of anilines is 1. The van der Waals surface area contributed by atoms with Gasteiger partial charge in [0.2, 0.25) is 0 Å². The molecular formula is C22H20FN2O4S-. The number of esters is 1. The molecule has 0 saturated heterocycles. The standard InChI is InChI=1S/C22H21FN2O4S/c1-3-29-22(26)19-11-17(19)20(18-10-15(12-24)6-9-21(18)23)13-25(30(27)28)16-7-4-14(2)5-8-16/h4-10,13,17,19H,3,11H2,1-2H3,(H,27,28)/p-1. The zero-order chi connectivity index (χ0) is 21.8. The number of halogens is 1. The maximum Gasteiger partial charge on any atom is 0.309 e. The summed E-state index contributed by atoms with van der Waals surface area (Å²) >= 11 is -2.68. The van der Waals surface area contributed by atoms with Crippen LogP contribution in [0.5, 0.6) is 0 Å². The van der Waals surface area contributed by atoms with Crippen LogP contribution in [0.1, 0.15) is 30.0 Å². The number of carbonyl (C=O) groups is 1. The lowest BCUT2D eigenvalue weighted by Gasteiger charge is -2.24. The SMILES string of the molecule is CCOC(=O)C1CC1C(=CN(c1ccc(C)cc1)S(=O)[O-])c1cc(C#N)ccc1F. The molecule has 3 unspecified atom stereocenters. The third-order valence-electron chi connectivity index (χ3n) is 4.89. The molecule has 0 spiro atoms. The molecule has 3 atom stereocenters. The van der Waals surface area contributed by atoms with Crippen LogP contribution in [-0.2, 0) is 20.8 Å². The topological polar surface area (TPSA) is 93.5 Å². The van der Waals surface area contributed by atoms with Crippen molar-refractivity contribution in [2.24, 2.45) is 11.8 Å². The largest absolute Gasteiger partial charge is 0.755 e. The number of benzene rings is 2. The summed E-state index contributed by atoms with van der Waals surface area (Å²) in [6.07, 6.45) is 1.73. The average molecular weight is 427 g/mol. The summed E-state index contributed by atoms with van der Waals surface area (Å²) in [4.78, 5) is 12.2. The molecule has 0 bridgehead atoms. The van der Waals surface area contributed by atoms with E-state index in [-0.39, 0.29) is 17.7 Å². The minimum atomic E-state index is -2.68. The maximum atomic E-state index is 14.7. The highest BCUT2D eigenvalue weighted by Crippen LogP contribution is 2.49. The number of rotatable bonds is 7. The van der Waals surface area contributed by atoms with E-state index in [0.717, 1.165) is 15.9 Å². The average Bonchev–Trinajstić information content (AvgIpc) is 3.51. The van der Waals surface area contributed by atoms with Crippen LogP contribution >= 0.6 is 0 Å². The predicted octanol–water partition coefficient (Wildman–Crippen LogP) is 3.85. The summed E-state index contributed by atoms with van der Waals surface area (Å²) in [5.74, 6) is -1.91. The fraction of sp³-hybridized carbons (Fsp3) is 0.273. The van der Waals surface area contributed by atoms with E-state index in [0.29, 0.717) is 17.7 Å². The van der Waals surface area contributed by atoms with E-state index in [2.05, 4.69) is 0 Å². The number of aryl methyl sites for hydroxylation is 1. The Kier molecular flexibility index (Phi) is 6.65. The van der Waals surface area contributed by atoms with Gasteiger partial charge in [-0.15, -0.1) is 0 Å². The predicted molar refractivity (Wildman–Crippen MR) is 110 cm³/mol. The molecule has 1 aliphatic carbocycles. The Morgan fingerprint density at radius 2 is 2.03 bits per heavy atom. The van der Waals surface area contributed by atoms with Gasteiger partial charge in [0, 0.05) is 17.7 Å². The van der Waals surface area contributed by atoms with Crippen molar-refractivity contribution in [3.8, 4) is 6.07 Å². The van der Waals surface area contributed by atoms with Crippen molar-refractivity contribution in [2.45, 2.75) is 20.3 Å². The second-order valence-electron chi connectivity index (χ2n) is 6.97. The lowest BCUT2D eigenvalue weighted by atomic mass is 9.98. The molecule has 0 N–H and O–H groups in total. The van der Waals surface area contributed by atoms with Gasteiger partial charge < -0.3 is 9.29 Å². The fourth-order valence-corrected chi connectivity index (χ4v) is 3.74. The first-order chi connectivity index (χ1) is 14.3. The van der Waals surface area contributed by atoms with Crippen LogP contribution in [0.4, 0.5) is 10.1 Å². The summed E-state index contributed by atoms with van der Waals surface area (Å²) in [5.41, 5.74) is 1.98. The monoisotopic (exact) mass is 427 g/mol. The molecule has 1 aliphatic rings. The number of hydrogen-bond donors (Lipinski definition) is 0. The van der Waals surface area contributed by atoms with Crippen LogP contribution in [0.2, 0.25) is 0 Å². The third kappa shape index (κ3) is 4.75. The highest BCUT2D eigenvalue weighted by atomic mass is 32.2. The Balaban J connectivity index is 2.09. The highest BCUT2D eigenvalue weighted by Gasteiger charge is 2.47. The Bertz CT molecular complexity index is 1050. The Morgan fingerprint density at radius 3 is 2.63 bits per heavy atom. The van der Waals surface area contributed by atoms with Gasteiger partial charge in [-0.25, -0.2) is 4.39 Å². The number of nitriles is 1. The lowest BCUT2D eigenvalue weighted by Crippen LogP contribution is -2.20. The van der Waals surface area contributed by atoms with Gasteiger partial charge in [-0.3, -0.25) is 13.3 Å². The van der Waals surface area contributed by atoms with E-state index in [9.17, 15) is 23.2 Å². The summed E-state index contributed by atoms with van der Waals surface area (Å²) < 4.78 is 44.7. The zero-order valence-corrected chi connectivity index (χ0v) is 17.3. The number of carbonyl (C=O) groups excluding carboxylic acids is 1.